The van der Waals surface area contributed by atoms with Gasteiger partial charge in [-0.3, -0.25) is 4.79 Å². The summed E-state index contributed by atoms with van der Waals surface area (Å²) in [5.74, 6) is -0.278. The molecule has 2 rings (SSSR count). The van der Waals surface area contributed by atoms with Gasteiger partial charge >= 0.3 is 13.0 Å². The number of thioether (sulfide) groups is 1. The molecule has 1 heterocycles. The molecule has 0 fully saturated rings. The summed E-state index contributed by atoms with van der Waals surface area (Å²) < 4.78 is 4.96. The Kier molecular flexibility index (Phi) is 4.55. The molecule has 1 aromatic rings. The summed E-state index contributed by atoms with van der Waals surface area (Å²) >= 11 is 1.56. The molecule has 0 aliphatic carbocycles. The van der Waals surface area contributed by atoms with E-state index >= 15 is 0 Å². The molecule has 1 aliphatic heterocycles. The van der Waals surface area contributed by atoms with Crippen LogP contribution in [-0.4, -0.2) is 24.7 Å². The van der Waals surface area contributed by atoms with Crippen LogP contribution in [-0.2, 0) is 9.53 Å². The fraction of sp³-hybridized carbons (Fsp3) is 0.308. The van der Waals surface area contributed by atoms with Crippen molar-refractivity contribution in [3.8, 4) is 0 Å². The van der Waals surface area contributed by atoms with Crippen LogP contribution >= 0.6 is 11.8 Å². The standard InChI is InChI=1S/C13H16BNO3S/c1-3-18-13(16)8-10-9-19-12-7-5-4-6-11(12)15(10)14(2)17/h4-7,9,17H,3,8H2,1-2H3. The van der Waals surface area contributed by atoms with Crippen molar-refractivity contribution in [2.24, 2.45) is 0 Å². The van der Waals surface area contributed by atoms with E-state index in [1.165, 1.54) is 0 Å². The minimum absolute atomic E-state index is 0.167. The maximum atomic E-state index is 11.6. The van der Waals surface area contributed by atoms with Gasteiger partial charge in [0.05, 0.1) is 13.0 Å². The average molecular weight is 277 g/mol. The Morgan fingerprint density at radius 3 is 2.89 bits per heavy atom. The van der Waals surface area contributed by atoms with Gasteiger partial charge in [-0.1, -0.05) is 23.9 Å². The van der Waals surface area contributed by atoms with Gasteiger partial charge in [0.15, 0.2) is 0 Å². The first-order chi connectivity index (χ1) is 9.13. The Balaban J connectivity index is 2.25. The second kappa shape index (κ2) is 6.17. The first kappa shape index (κ1) is 14.0. The molecule has 0 spiro atoms. The quantitative estimate of drug-likeness (QED) is 0.677. The van der Waals surface area contributed by atoms with Gasteiger partial charge in [-0.05, 0) is 31.3 Å². The fourth-order valence-corrected chi connectivity index (χ4v) is 2.93. The summed E-state index contributed by atoms with van der Waals surface area (Å²) in [6, 6.07) is 7.80. The molecule has 0 aromatic heterocycles. The summed E-state index contributed by atoms with van der Waals surface area (Å²) in [5.41, 5.74) is 1.68. The van der Waals surface area contributed by atoms with E-state index in [2.05, 4.69) is 0 Å². The number of anilines is 1. The number of carbonyl (C=O) groups is 1. The Morgan fingerprint density at radius 1 is 1.47 bits per heavy atom. The van der Waals surface area contributed by atoms with Gasteiger partial charge in [0.1, 0.15) is 0 Å². The Bertz CT molecular complexity index is 504. The Hall–Kier alpha value is -1.40. The van der Waals surface area contributed by atoms with Crippen LogP contribution < -0.4 is 4.81 Å². The lowest BCUT2D eigenvalue weighted by Gasteiger charge is -2.32. The van der Waals surface area contributed by atoms with Gasteiger partial charge in [0.25, 0.3) is 0 Å². The highest BCUT2D eigenvalue weighted by molar-refractivity contribution is 8.02. The van der Waals surface area contributed by atoms with Crippen molar-refractivity contribution in [1.29, 1.82) is 0 Å². The third-order valence-electron chi connectivity index (χ3n) is 2.76. The third kappa shape index (κ3) is 3.14. The van der Waals surface area contributed by atoms with Crippen molar-refractivity contribution in [1.82, 2.24) is 0 Å². The smallest absolute Gasteiger partial charge is 0.414 e. The highest BCUT2D eigenvalue weighted by Gasteiger charge is 2.27. The summed E-state index contributed by atoms with van der Waals surface area (Å²) in [6.45, 7) is 3.83. The SMILES string of the molecule is CCOC(=O)CC1=CSc2ccccc2N1B(C)O. The maximum absolute atomic E-state index is 11.6. The molecule has 0 amide bonds. The summed E-state index contributed by atoms with van der Waals surface area (Å²) in [5, 5.41) is 11.9. The number of esters is 1. The second-order valence-electron chi connectivity index (χ2n) is 4.18. The number of rotatable bonds is 4. The number of benzene rings is 1. The number of fused-ring (bicyclic) bond motifs is 1. The monoisotopic (exact) mass is 277 g/mol. The zero-order chi connectivity index (χ0) is 13.8. The van der Waals surface area contributed by atoms with Crippen molar-refractivity contribution >= 4 is 30.5 Å². The van der Waals surface area contributed by atoms with E-state index in [1.54, 1.807) is 30.3 Å². The molecule has 0 unspecified atom stereocenters. The number of ether oxygens (including phenoxy) is 1. The first-order valence-corrected chi connectivity index (χ1v) is 7.09. The van der Waals surface area contributed by atoms with Gasteiger partial charge in [-0.15, -0.1) is 0 Å². The zero-order valence-electron chi connectivity index (χ0n) is 11.0. The van der Waals surface area contributed by atoms with Crippen LogP contribution in [0.15, 0.2) is 40.3 Å². The molecule has 19 heavy (non-hydrogen) atoms. The van der Waals surface area contributed by atoms with E-state index in [0.717, 1.165) is 16.3 Å². The van der Waals surface area contributed by atoms with Gasteiger partial charge in [0, 0.05) is 16.3 Å². The van der Waals surface area contributed by atoms with E-state index < -0.39 is 7.05 Å². The van der Waals surface area contributed by atoms with E-state index in [1.807, 2.05) is 29.7 Å². The topological polar surface area (TPSA) is 49.8 Å². The molecule has 0 atom stereocenters. The van der Waals surface area contributed by atoms with Crippen LogP contribution in [0.2, 0.25) is 6.82 Å². The molecular formula is C13H16BNO3S. The minimum atomic E-state index is -0.692. The molecule has 1 N–H and O–H groups in total. The highest BCUT2D eigenvalue weighted by atomic mass is 32.2. The average Bonchev–Trinajstić information content (AvgIpc) is 2.38. The summed E-state index contributed by atoms with van der Waals surface area (Å²) in [6.07, 6.45) is 0.167. The number of carbonyl (C=O) groups excluding carboxylic acids is 1. The second-order valence-corrected chi connectivity index (χ2v) is 5.09. The normalized spacial score (nSPS) is 13.6. The van der Waals surface area contributed by atoms with Crippen LogP contribution in [0.1, 0.15) is 13.3 Å². The van der Waals surface area contributed by atoms with Crippen molar-refractivity contribution in [2.45, 2.75) is 25.1 Å². The van der Waals surface area contributed by atoms with Crippen molar-refractivity contribution in [2.75, 3.05) is 11.4 Å². The van der Waals surface area contributed by atoms with Crippen LogP contribution in [0.3, 0.4) is 0 Å². The van der Waals surface area contributed by atoms with E-state index in [-0.39, 0.29) is 12.4 Å². The maximum Gasteiger partial charge on any atom is 0.414 e. The van der Waals surface area contributed by atoms with E-state index in [0.29, 0.717) is 6.61 Å². The zero-order valence-corrected chi connectivity index (χ0v) is 11.8. The molecular weight excluding hydrogens is 261 g/mol. The van der Waals surface area contributed by atoms with E-state index in [9.17, 15) is 9.82 Å². The third-order valence-corrected chi connectivity index (χ3v) is 3.75. The van der Waals surface area contributed by atoms with Crippen LogP contribution in [0.4, 0.5) is 5.69 Å². The molecule has 6 heteroatoms. The van der Waals surface area contributed by atoms with Gasteiger partial charge < -0.3 is 14.6 Å². The van der Waals surface area contributed by atoms with Crippen LogP contribution in [0, 0.1) is 0 Å². The Morgan fingerprint density at radius 2 is 2.21 bits per heavy atom. The number of nitrogens with zero attached hydrogens (tertiary/aromatic N) is 1. The predicted octanol–water partition coefficient (Wildman–Crippen LogP) is 2.50. The van der Waals surface area contributed by atoms with Gasteiger partial charge in [0.2, 0.25) is 0 Å². The minimum Gasteiger partial charge on any atom is -0.466 e. The first-order valence-electron chi connectivity index (χ1n) is 6.21. The summed E-state index contributed by atoms with van der Waals surface area (Å²) in [7, 11) is -0.692. The number of para-hydroxylation sites is 1. The van der Waals surface area contributed by atoms with E-state index in [4.69, 9.17) is 4.74 Å². The molecule has 100 valence electrons. The van der Waals surface area contributed by atoms with Crippen molar-refractivity contribution in [3.63, 3.8) is 0 Å². The van der Waals surface area contributed by atoms with Crippen molar-refractivity contribution < 1.29 is 14.6 Å². The summed E-state index contributed by atoms with van der Waals surface area (Å²) in [4.78, 5) is 14.4. The molecule has 0 saturated heterocycles. The van der Waals surface area contributed by atoms with Crippen LogP contribution in [0.25, 0.3) is 0 Å². The molecule has 0 bridgehead atoms. The fourth-order valence-electron chi connectivity index (χ4n) is 2.03. The van der Waals surface area contributed by atoms with Gasteiger partial charge in [-0.2, -0.15) is 0 Å². The highest BCUT2D eigenvalue weighted by Crippen LogP contribution is 2.39. The number of hydrogen-bond donors (Lipinski definition) is 1. The molecule has 1 aliphatic rings. The molecule has 0 saturated carbocycles. The lowest BCUT2D eigenvalue weighted by atomic mass is 9.83. The molecule has 0 radical (unpaired) electrons. The predicted molar refractivity (Wildman–Crippen MR) is 77.9 cm³/mol. The Labute approximate surface area is 117 Å². The van der Waals surface area contributed by atoms with Crippen LogP contribution in [0.5, 0.6) is 0 Å². The largest absolute Gasteiger partial charge is 0.466 e. The molecule has 1 aromatic carbocycles. The van der Waals surface area contributed by atoms with Gasteiger partial charge in [-0.25, -0.2) is 0 Å². The number of hydrogen-bond acceptors (Lipinski definition) is 5. The van der Waals surface area contributed by atoms with Crippen molar-refractivity contribution in [3.05, 3.63) is 35.4 Å². The lowest BCUT2D eigenvalue weighted by Crippen LogP contribution is -2.38. The molecule has 4 nitrogen and oxygen atoms in total. The lowest BCUT2D eigenvalue weighted by molar-refractivity contribution is -0.142.